The smallest absolute Gasteiger partial charge is 0.325 e. The summed E-state index contributed by atoms with van der Waals surface area (Å²) in [5.74, 6) is 0. The molecule has 106 valence electrons. The molecule has 1 saturated carbocycles. The van der Waals surface area contributed by atoms with Gasteiger partial charge < -0.3 is 5.73 Å². The fourth-order valence-corrected chi connectivity index (χ4v) is 3.13. The van der Waals surface area contributed by atoms with Crippen molar-refractivity contribution in [2.45, 2.75) is 51.2 Å². The molecule has 1 aliphatic carbocycles. The van der Waals surface area contributed by atoms with E-state index in [2.05, 4.69) is 13.8 Å². The van der Waals surface area contributed by atoms with Crippen LogP contribution >= 0.6 is 0 Å². The van der Waals surface area contributed by atoms with Crippen molar-refractivity contribution >= 4 is 0 Å². The maximum absolute atomic E-state index is 12.7. The molecule has 0 saturated heterocycles. The summed E-state index contributed by atoms with van der Waals surface area (Å²) < 4.78 is 38.0. The summed E-state index contributed by atoms with van der Waals surface area (Å²) in [5.41, 5.74) is 6.25. The fraction of sp³-hybridized carbons (Fsp3) is 0.600. The normalized spacial score (nSPS) is 26.6. The number of benzene rings is 1. The van der Waals surface area contributed by atoms with Crippen molar-refractivity contribution < 1.29 is 13.2 Å². The molecule has 1 aliphatic rings. The Morgan fingerprint density at radius 1 is 1.21 bits per heavy atom. The van der Waals surface area contributed by atoms with Crippen LogP contribution in [0.25, 0.3) is 0 Å². The molecule has 1 fully saturated rings. The molecule has 19 heavy (non-hydrogen) atoms. The lowest BCUT2D eigenvalue weighted by Crippen LogP contribution is -2.40. The quantitative estimate of drug-likeness (QED) is 0.859. The molecule has 2 N–H and O–H groups in total. The predicted octanol–water partition coefficient (Wildman–Crippen LogP) is 4.16. The third-order valence-electron chi connectivity index (χ3n) is 3.94. The van der Waals surface area contributed by atoms with Gasteiger partial charge in [0, 0.05) is 5.54 Å². The van der Waals surface area contributed by atoms with Crippen molar-refractivity contribution in [2.24, 2.45) is 11.1 Å². The molecule has 0 bridgehead atoms. The minimum atomic E-state index is -4.29. The summed E-state index contributed by atoms with van der Waals surface area (Å²) >= 11 is 0. The Labute approximate surface area is 112 Å². The number of hydrogen-bond acceptors (Lipinski definition) is 1. The summed E-state index contributed by atoms with van der Waals surface area (Å²) in [6, 6.07) is 5.52. The highest BCUT2D eigenvalue weighted by Crippen LogP contribution is 2.43. The van der Waals surface area contributed by atoms with Gasteiger partial charge in [0.25, 0.3) is 0 Å². The van der Waals surface area contributed by atoms with Crippen LogP contribution in [0.4, 0.5) is 13.2 Å². The van der Waals surface area contributed by atoms with Crippen LogP contribution in [0, 0.1) is 5.41 Å². The summed E-state index contributed by atoms with van der Waals surface area (Å²) in [5, 5.41) is 0. The van der Waals surface area contributed by atoms with E-state index in [0.29, 0.717) is 12.0 Å². The molecule has 1 aromatic rings. The van der Waals surface area contributed by atoms with Gasteiger partial charge in [0.1, 0.15) is 0 Å². The highest BCUT2D eigenvalue weighted by molar-refractivity contribution is 5.27. The van der Waals surface area contributed by atoms with Crippen LogP contribution in [-0.2, 0) is 12.6 Å². The Kier molecular flexibility index (Phi) is 3.42. The van der Waals surface area contributed by atoms with Gasteiger partial charge >= 0.3 is 6.18 Å². The summed E-state index contributed by atoms with van der Waals surface area (Å²) in [6.45, 7) is 4.32. The van der Waals surface area contributed by atoms with Gasteiger partial charge in [-0.05, 0) is 42.7 Å². The highest BCUT2D eigenvalue weighted by Gasteiger charge is 2.40. The Bertz CT molecular complexity index is 465. The standard InChI is InChI=1S/C15H20F3N/c1-13(2)6-7-14(19,10-13)9-11-4-3-5-12(8-11)15(16,17)18/h3-5,8H,6-7,9-10,19H2,1-2H3. The van der Waals surface area contributed by atoms with Crippen LogP contribution in [0.5, 0.6) is 0 Å². The van der Waals surface area contributed by atoms with E-state index < -0.39 is 11.7 Å². The Morgan fingerprint density at radius 3 is 2.42 bits per heavy atom. The average Bonchev–Trinajstić information content (AvgIpc) is 2.52. The Balaban J connectivity index is 2.16. The molecular weight excluding hydrogens is 251 g/mol. The highest BCUT2D eigenvalue weighted by atomic mass is 19.4. The van der Waals surface area contributed by atoms with Crippen LogP contribution in [0.15, 0.2) is 24.3 Å². The number of nitrogens with two attached hydrogens (primary N) is 1. The second-order valence-electron chi connectivity index (χ2n) is 6.58. The third-order valence-corrected chi connectivity index (χ3v) is 3.94. The number of rotatable bonds is 2. The summed E-state index contributed by atoms with van der Waals surface area (Å²) in [4.78, 5) is 0. The van der Waals surface area contributed by atoms with Crippen molar-refractivity contribution in [1.29, 1.82) is 0 Å². The molecule has 0 radical (unpaired) electrons. The lowest BCUT2D eigenvalue weighted by molar-refractivity contribution is -0.137. The van der Waals surface area contributed by atoms with Crippen molar-refractivity contribution in [1.82, 2.24) is 0 Å². The topological polar surface area (TPSA) is 26.0 Å². The molecule has 4 heteroatoms. The van der Waals surface area contributed by atoms with Crippen molar-refractivity contribution in [3.8, 4) is 0 Å². The molecule has 0 amide bonds. The van der Waals surface area contributed by atoms with E-state index in [9.17, 15) is 13.2 Å². The fourth-order valence-electron chi connectivity index (χ4n) is 3.13. The van der Waals surface area contributed by atoms with Gasteiger partial charge in [0.2, 0.25) is 0 Å². The van der Waals surface area contributed by atoms with Gasteiger partial charge in [-0.15, -0.1) is 0 Å². The summed E-state index contributed by atoms with van der Waals surface area (Å²) in [7, 11) is 0. The van der Waals surface area contributed by atoms with E-state index in [1.165, 1.54) is 12.1 Å². The van der Waals surface area contributed by atoms with Crippen LogP contribution in [-0.4, -0.2) is 5.54 Å². The minimum Gasteiger partial charge on any atom is -0.325 e. The van der Waals surface area contributed by atoms with E-state index in [1.807, 2.05) is 0 Å². The SMILES string of the molecule is CC1(C)CCC(N)(Cc2cccc(C(F)(F)F)c2)C1. The van der Waals surface area contributed by atoms with Gasteiger partial charge in [0.05, 0.1) is 5.56 Å². The van der Waals surface area contributed by atoms with Gasteiger partial charge in [-0.1, -0.05) is 32.0 Å². The molecule has 1 unspecified atom stereocenters. The number of hydrogen-bond donors (Lipinski definition) is 1. The van der Waals surface area contributed by atoms with E-state index in [0.717, 1.165) is 25.3 Å². The molecule has 0 aromatic heterocycles. The van der Waals surface area contributed by atoms with E-state index in [4.69, 9.17) is 5.73 Å². The zero-order valence-electron chi connectivity index (χ0n) is 11.3. The number of halogens is 3. The second kappa shape index (κ2) is 4.51. The first kappa shape index (κ1) is 14.4. The molecule has 2 rings (SSSR count). The lowest BCUT2D eigenvalue weighted by atomic mass is 9.84. The van der Waals surface area contributed by atoms with Gasteiger partial charge in [0.15, 0.2) is 0 Å². The van der Waals surface area contributed by atoms with Gasteiger partial charge in [-0.2, -0.15) is 13.2 Å². The van der Waals surface area contributed by atoms with Crippen LogP contribution in [0.3, 0.4) is 0 Å². The molecule has 1 aromatic carbocycles. The maximum Gasteiger partial charge on any atom is 0.416 e. The maximum atomic E-state index is 12.7. The monoisotopic (exact) mass is 271 g/mol. The molecule has 0 heterocycles. The summed E-state index contributed by atoms with van der Waals surface area (Å²) in [6.07, 6.45) is -1.01. The largest absolute Gasteiger partial charge is 0.416 e. The molecular formula is C15H20F3N. The molecule has 0 spiro atoms. The van der Waals surface area contributed by atoms with Gasteiger partial charge in [-0.3, -0.25) is 0 Å². The Hall–Kier alpha value is -1.03. The van der Waals surface area contributed by atoms with Crippen LogP contribution < -0.4 is 5.73 Å². The minimum absolute atomic E-state index is 0.191. The number of alkyl halides is 3. The predicted molar refractivity (Wildman–Crippen MR) is 69.7 cm³/mol. The van der Waals surface area contributed by atoms with Crippen molar-refractivity contribution in [3.63, 3.8) is 0 Å². The van der Waals surface area contributed by atoms with Gasteiger partial charge in [-0.25, -0.2) is 0 Å². The lowest BCUT2D eigenvalue weighted by Gasteiger charge is -2.27. The first-order valence-electron chi connectivity index (χ1n) is 6.55. The van der Waals surface area contributed by atoms with Crippen molar-refractivity contribution in [3.05, 3.63) is 35.4 Å². The van der Waals surface area contributed by atoms with Crippen LogP contribution in [0.2, 0.25) is 0 Å². The van der Waals surface area contributed by atoms with E-state index in [1.54, 1.807) is 6.07 Å². The second-order valence-corrected chi connectivity index (χ2v) is 6.58. The van der Waals surface area contributed by atoms with Crippen LogP contribution in [0.1, 0.15) is 44.2 Å². The third kappa shape index (κ3) is 3.50. The zero-order chi connectivity index (χ0) is 14.3. The first-order valence-corrected chi connectivity index (χ1v) is 6.55. The molecule has 0 aliphatic heterocycles. The van der Waals surface area contributed by atoms with E-state index >= 15 is 0 Å². The molecule has 1 nitrogen and oxygen atoms in total. The van der Waals surface area contributed by atoms with Crippen molar-refractivity contribution in [2.75, 3.05) is 0 Å². The Morgan fingerprint density at radius 2 is 1.89 bits per heavy atom. The van der Waals surface area contributed by atoms with E-state index in [-0.39, 0.29) is 11.0 Å². The zero-order valence-corrected chi connectivity index (χ0v) is 11.3. The first-order chi connectivity index (χ1) is 8.60. The molecule has 1 atom stereocenters. The average molecular weight is 271 g/mol.